The maximum atomic E-state index is 13.7. The molecule has 2 fully saturated rings. The van der Waals surface area contributed by atoms with E-state index in [0.29, 0.717) is 30.6 Å². The smallest absolute Gasteiger partial charge is 0.171 e. The van der Waals surface area contributed by atoms with E-state index in [9.17, 15) is 13.2 Å². The topological polar surface area (TPSA) is 0 Å². The lowest BCUT2D eigenvalue weighted by molar-refractivity contribution is -0.186. The summed E-state index contributed by atoms with van der Waals surface area (Å²) in [5.41, 5.74) is 2.56. The van der Waals surface area contributed by atoms with Crippen LogP contribution in [-0.2, 0) is 0 Å². The van der Waals surface area contributed by atoms with E-state index in [-0.39, 0.29) is 9.84 Å². The predicted octanol–water partition coefficient (Wildman–Crippen LogP) is 12.4. The number of hydrogen-bond acceptors (Lipinski definition) is 0. The van der Waals surface area contributed by atoms with Gasteiger partial charge >= 0.3 is 6.18 Å². The second kappa shape index (κ2) is 13.1. The Labute approximate surface area is 271 Å². The molecule has 6 heteroatoms. The number of allylic oxidation sites excluding steroid dienone is 6. The fourth-order valence-electron chi connectivity index (χ4n) is 9.66. The lowest BCUT2D eigenvalue weighted by Gasteiger charge is -2.43. The first-order valence-electron chi connectivity index (χ1n) is 17.4. The zero-order valence-corrected chi connectivity index (χ0v) is 31.4. The molecule has 0 amide bonds. The van der Waals surface area contributed by atoms with Crippen molar-refractivity contribution >= 4 is 38.7 Å². The summed E-state index contributed by atoms with van der Waals surface area (Å²) in [4.78, 5) is 0. The molecule has 0 radical (unpaired) electrons. The van der Waals surface area contributed by atoms with Gasteiger partial charge in [-0.3, -0.25) is 0 Å². The van der Waals surface area contributed by atoms with Crippen molar-refractivity contribution in [1.29, 1.82) is 0 Å². The van der Waals surface area contributed by atoms with Gasteiger partial charge in [0.25, 0.3) is 0 Å². The van der Waals surface area contributed by atoms with E-state index < -0.39 is 28.2 Å². The van der Waals surface area contributed by atoms with Crippen molar-refractivity contribution in [2.45, 2.75) is 138 Å². The highest BCUT2D eigenvalue weighted by molar-refractivity contribution is 14.1. The van der Waals surface area contributed by atoms with E-state index in [1.807, 2.05) is 0 Å². The Bertz CT molecular complexity index is 1020. The van der Waals surface area contributed by atoms with Crippen molar-refractivity contribution in [3.05, 3.63) is 35.1 Å². The summed E-state index contributed by atoms with van der Waals surface area (Å²) in [6, 6.07) is 0. The van der Waals surface area contributed by atoms with E-state index in [4.69, 9.17) is 0 Å². The van der Waals surface area contributed by atoms with E-state index in [0.717, 1.165) is 42.6 Å². The summed E-state index contributed by atoms with van der Waals surface area (Å²) in [5.74, 6) is 3.23. The molecule has 2 saturated carbocycles. The Balaban J connectivity index is 1.29. The van der Waals surface area contributed by atoms with E-state index in [1.54, 1.807) is 10.8 Å². The zero-order valence-electron chi connectivity index (χ0n) is 27.3. The van der Waals surface area contributed by atoms with Crippen molar-refractivity contribution in [3.63, 3.8) is 0 Å². The molecule has 0 aromatic carbocycles. The van der Waals surface area contributed by atoms with Crippen LogP contribution in [-0.4, -0.2) is 26.2 Å². The molecule has 0 saturated heterocycles. The molecule has 8 atom stereocenters. The number of rotatable bonds is 6. The normalized spacial score (nSPS) is 40.5. The highest BCUT2D eigenvalue weighted by Gasteiger charge is 2.46. The monoisotopic (exact) mass is 730 g/mol. The molecular weight excluding hydrogens is 672 g/mol. The van der Waals surface area contributed by atoms with E-state index in [1.165, 1.54) is 51.4 Å². The fourth-order valence-corrected chi connectivity index (χ4v) is 14.3. The third-order valence-electron chi connectivity index (χ3n) is 12.4. The summed E-state index contributed by atoms with van der Waals surface area (Å²) in [5, 5.41) is 1.80. The van der Waals surface area contributed by atoms with E-state index >= 15 is 0 Å². The van der Waals surface area contributed by atoms with E-state index in [2.05, 4.69) is 86.2 Å². The predicted molar refractivity (Wildman–Crippen MR) is 188 cm³/mol. The standard InChI is InChI=1S/C36H58F3ISi2/c1-41(2,3)34-14-11-26(12-15-34)29-17-28(18-30(19-29)27-13-16-35(22-27)42(4,5)6)24-7-9-25(10-8-24)31-20-32(36(37,38)39)23-33(40)21-31/h11,14,17,22,24-28,30-34H,7-10,12-13,15-16,18-21,23H2,1-6H3. The molecule has 0 aliphatic heterocycles. The Hall–Kier alpha value is 0.174. The number of hydrogen-bond donors (Lipinski definition) is 0. The second-order valence-electron chi connectivity index (χ2n) is 17.3. The fraction of sp³-hybridized carbons (Fsp3) is 0.833. The van der Waals surface area contributed by atoms with Crippen LogP contribution in [0.2, 0.25) is 44.8 Å². The molecule has 8 unspecified atom stereocenters. The number of alkyl halides is 4. The first-order valence-corrected chi connectivity index (χ1v) is 25.7. The van der Waals surface area contributed by atoms with Crippen molar-refractivity contribution in [2.75, 3.05) is 0 Å². The van der Waals surface area contributed by atoms with Crippen LogP contribution in [0.25, 0.3) is 0 Å². The Morgan fingerprint density at radius 1 is 0.690 bits per heavy atom. The average molecular weight is 731 g/mol. The Kier molecular flexibility index (Phi) is 10.5. The average Bonchev–Trinajstić information content (AvgIpc) is 3.43. The summed E-state index contributed by atoms with van der Waals surface area (Å²) in [6.45, 7) is 15.1. The maximum absolute atomic E-state index is 13.7. The van der Waals surface area contributed by atoms with Crippen molar-refractivity contribution in [3.8, 4) is 0 Å². The van der Waals surface area contributed by atoms with Crippen LogP contribution in [0.4, 0.5) is 13.2 Å². The molecule has 0 nitrogen and oxygen atoms in total. The summed E-state index contributed by atoms with van der Waals surface area (Å²) < 4.78 is 41.2. The molecular formula is C36H58F3ISi2. The van der Waals surface area contributed by atoms with Gasteiger partial charge in [-0.2, -0.15) is 13.2 Å². The minimum Gasteiger partial charge on any atom is -0.171 e. The van der Waals surface area contributed by atoms with Crippen molar-refractivity contribution in [2.24, 2.45) is 47.3 Å². The van der Waals surface area contributed by atoms with Gasteiger partial charge in [0.15, 0.2) is 0 Å². The second-order valence-corrected chi connectivity index (χ2v) is 29.6. The molecule has 5 rings (SSSR count). The van der Waals surface area contributed by atoms with Crippen LogP contribution in [0.3, 0.4) is 0 Å². The molecule has 0 spiro atoms. The molecule has 0 aromatic heterocycles. The van der Waals surface area contributed by atoms with Gasteiger partial charge in [-0.15, -0.1) is 0 Å². The van der Waals surface area contributed by atoms with Crippen molar-refractivity contribution < 1.29 is 13.2 Å². The largest absolute Gasteiger partial charge is 0.391 e. The molecule has 0 N–H and O–H groups in total. The SMILES string of the molecule is C[Si](C)(C)C1=CC(C2CC(C3C=CC([Si](C)(C)C)CC3)=CC(C3CCC(C4CC(I)CC(C(F)(F)F)C4)CC3)C2)CC1. The van der Waals surface area contributed by atoms with Crippen LogP contribution >= 0.6 is 22.6 Å². The highest BCUT2D eigenvalue weighted by atomic mass is 127. The number of halogens is 4. The van der Waals surface area contributed by atoms with Gasteiger partial charge in [-0.05, 0) is 130 Å². The van der Waals surface area contributed by atoms with Gasteiger partial charge < -0.3 is 0 Å². The van der Waals surface area contributed by atoms with Crippen molar-refractivity contribution in [1.82, 2.24) is 0 Å². The van der Waals surface area contributed by atoms with Crippen LogP contribution in [0.5, 0.6) is 0 Å². The third kappa shape index (κ3) is 8.11. The van der Waals surface area contributed by atoms with Gasteiger partial charge in [0.1, 0.15) is 0 Å². The summed E-state index contributed by atoms with van der Waals surface area (Å²) in [7, 11) is -2.38. The van der Waals surface area contributed by atoms with Gasteiger partial charge in [0.2, 0.25) is 0 Å². The van der Waals surface area contributed by atoms with Crippen LogP contribution in [0, 0.1) is 47.3 Å². The van der Waals surface area contributed by atoms with Gasteiger partial charge in [0.05, 0.1) is 22.1 Å². The van der Waals surface area contributed by atoms with Crippen LogP contribution < -0.4 is 0 Å². The Morgan fingerprint density at radius 3 is 1.95 bits per heavy atom. The van der Waals surface area contributed by atoms with Gasteiger partial charge in [-0.1, -0.05) is 96.9 Å². The molecule has 5 aliphatic carbocycles. The molecule has 0 heterocycles. The zero-order chi connectivity index (χ0) is 30.4. The Morgan fingerprint density at radius 2 is 1.38 bits per heavy atom. The lowest BCUT2D eigenvalue weighted by atomic mass is 9.63. The minimum absolute atomic E-state index is 0.180. The summed E-state index contributed by atoms with van der Waals surface area (Å²) in [6.07, 6.45) is 21.1. The third-order valence-corrected chi connectivity index (χ3v) is 18.5. The van der Waals surface area contributed by atoms with Gasteiger partial charge in [0, 0.05) is 3.92 Å². The molecule has 5 aliphatic rings. The van der Waals surface area contributed by atoms with Crippen LogP contribution in [0.15, 0.2) is 35.1 Å². The van der Waals surface area contributed by atoms with Crippen LogP contribution in [0.1, 0.15) is 83.5 Å². The van der Waals surface area contributed by atoms with Gasteiger partial charge in [-0.25, -0.2) is 0 Å². The highest BCUT2D eigenvalue weighted by Crippen LogP contribution is 2.52. The molecule has 238 valence electrons. The quantitative estimate of drug-likeness (QED) is 0.110. The first kappa shape index (κ1) is 33.5. The maximum Gasteiger partial charge on any atom is 0.391 e. The summed E-state index contributed by atoms with van der Waals surface area (Å²) >= 11 is 2.30. The molecule has 0 aromatic rings. The molecule has 42 heavy (non-hydrogen) atoms. The first-order chi connectivity index (χ1) is 19.6. The lowest BCUT2D eigenvalue weighted by Crippen LogP contribution is -2.37. The minimum atomic E-state index is -4.02. The molecule has 0 bridgehead atoms.